The lowest BCUT2D eigenvalue weighted by Crippen LogP contribution is -2.49. The molecule has 0 saturated carbocycles. The molecule has 0 unspecified atom stereocenters. The van der Waals surface area contributed by atoms with Crippen LogP contribution in [0.2, 0.25) is 0 Å². The van der Waals surface area contributed by atoms with Crippen molar-refractivity contribution in [3.8, 4) is 22.9 Å². The topological polar surface area (TPSA) is 63.7 Å². The quantitative estimate of drug-likeness (QED) is 0.409. The number of benzene rings is 2. The minimum Gasteiger partial charge on any atom is -0.497 e. The molecular formula is C28H30N4O3. The molecule has 5 rings (SSSR count). The number of hydrogen-bond donors (Lipinski definition) is 0. The van der Waals surface area contributed by atoms with E-state index in [1.807, 2.05) is 61.2 Å². The molecule has 7 heteroatoms. The molecule has 0 atom stereocenters. The second kappa shape index (κ2) is 9.33. The first-order valence-corrected chi connectivity index (χ1v) is 11.9. The van der Waals surface area contributed by atoms with E-state index in [-0.39, 0.29) is 5.91 Å². The van der Waals surface area contributed by atoms with E-state index in [0.717, 1.165) is 41.5 Å². The molecule has 1 saturated heterocycles. The number of anilines is 1. The molecule has 1 aliphatic heterocycles. The van der Waals surface area contributed by atoms with E-state index in [9.17, 15) is 4.79 Å². The van der Waals surface area contributed by atoms with Crippen molar-refractivity contribution in [2.75, 3.05) is 38.2 Å². The van der Waals surface area contributed by atoms with Crippen LogP contribution in [0.25, 0.3) is 17.1 Å². The van der Waals surface area contributed by atoms with Crippen molar-refractivity contribution < 1.29 is 13.9 Å². The van der Waals surface area contributed by atoms with E-state index in [1.54, 1.807) is 11.8 Å². The van der Waals surface area contributed by atoms with Crippen LogP contribution in [0, 0.1) is 20.8 Å². The van der Waals surface area contributed by atoms with Gasteiger partial charge in [-0.3, -0.25) is 4.79 Å². The molecule has 0 N–H and O–H groups in total. The largest absolute Gasteiger partial charge is 0.497 e. The maximum absolute atomic E-state index is 13.7. The van der Waals surface area contributed by atoms with Gasteiger partial charge in [-0.2, -0.15) is 5.10 Å². The van der Waals surface area contributed by atoms with Crippen LogP contribution in [0.4, 0.5) is 5.69 Å². The molecule has 0 aliphatic carbocycles. The van der Waals surface area contributed by atoms with Crippen LogP contribution < -0.4 is 9.64 Å². The predicted octanol–water partition coefficient (Wildman–Crippen LogP) is 5.03. The lowest BCUT2D eigenvalue weighted by atomic mass is 10.1. The number of aryl methyl sites for hydroxylation is 3. The third-order valence-corrected chi connectivity index (χ3v) is 6.51. The monoisotopic (exact) mass is 470 g/mol. The summed E-state index contributed by atoms with van der Waals surface area (Å²) in [4.78, 5) is 18.0. The van der Waals surface area contributed by atoms with Crippen LogP contribution >= 0.6 is 0 Å². The number of ether oxygens (including phenoxy) is 1. The van der Waals surface area contributed by atoms with Crippen molar-refractivity contribution in [3.63, 3.8) is 0 Å². The number of nitrogens with zero attached hydrogens (tertiary/aromatic N) is 4. The van der Waals surface area contributed by atoms with Crippen molar-refractivity contribution in [1.29, 1.82) is 0 Å². The number of carbonyl (C=O) groups excluding carboxylic acids is 1. The molecule has 180 valence electrons. The van der Waals surface area contributed by atoms with E-state index < -0.39 is 0 Å². The molecule has 4 aromatic rings. The molecule has 0 radical (unpaired) electrons. The zero-order chi connectivity index (χ0) is 24.5. The Bertz CT molecular complexity index is 1350. The van der Waals surface area contributed by atoms with E-state index in [2.05, 4.69) is 30.0 Å². The summed E-state index contributed by atoms with van der Waals surface area (Å²) in [5, 5.41) is 4.80. The van der Waals surface area contributed by atoms with Crippen LogP contribution in [-0.4, -0.2) is 53.9 Å². The molecule has 3 heterocycles. The Morgan fingerprint density at radius 1 is 0.914 bits per heavy atom. The molecule has 7 nitrogen and oxygen atoms in total. The maximum atomic E-state index is 13.7. The minimum atomic E-state index is -0.0265. The zero-order valence-electron chi connectivity index (χ0n) is 20.6. The Kier molecular flexibility index (Phi) is 6.07. The Morgan fingerprint density at radius 3 is 2.29 bits per heavy atom. The number of amides is 1. The van der Waals surface area contributed by atoms with Crippen LogP contribution in [0.5, 0.6) is 5.75 Å². The highest BCUT2D eigenvalue weighted by Gasteiger charge is 2.27. The van der Waals surface area contributed by atoms with E-state index in [0.29, 0.717) is 30.2 Å². The van der Waals surface area contributed by atoms with Crippen molar-refractivity contribution in [2.45, 2.75) is 20.8 Å². The van der Waals surface area contributed by atoms with Gasteiger partial charge in [0.1, 0.15) is 22.9 Å². The van der Waals surface area contributed by atoms with Gasteiger partial charge in [-0.15, -0.1) is 0 Å². The first kappa shape index (κ1) is 22.8. The Hall–Kier alpha value is -4.00. The molecule has 1 aliphatic rings. The number of carbonyl (C=O) groups is 1. The summed E-state index contributed by atoms with van der Waals surface area (Å²) >= 11 is 0. The highest BCUT2D eigenvalue weighted by molar-refractivity contribution is 5.94. The van der Waals surface area contributed by atoms with Crippen molar-refractivity contribution in [1.82, 2.24) is 14.7 Å². The molecule has 2 aromatic carbocycles. The van der Waals surface area contributed by atoms with Gasteiger partial charge in [-0.25, -0.2) is 4.68 Å². The van der Waals surface area contributed by atoms with Crippen LogP contribution in [-0.2, 0) is 0 Å². The average Bonchev–Trinajstić information content (AvgIpc) is 3.50. The van der Waals surface area contributed by atoms with Gasteiger partial charge in [0.05, 0.1) is 12.8 Å². The zero-order valence-corrected chi connectivity index (χ0v) is 20.6. The molecular weight excluding hydrogens is 440 g/mol. The first-order chi connectivity index (χ1) is 16.9. The normalized spacial score (nSPS) is 13.8. The van der Waals surface area contributed by atoms with Crippen LogP contribution in [0.1, 0.15) is 27.4 Å². The highest BCUT2D eigenvalue weighted by Crippen LogP contribution is 2.27. The Balaban J connectivity index is 1.42. The van der Waals surface area contributed by atoms with Gasteiger partial charge < -0.3 is 19.0 Å². The van der Waals surface area contributed by atoms with E-state index >= 15 is 0 Å². The van der Waals surface area contributed by atoms with E-state index in [1.165, 1.54) is 5.56 Å². The Morgan fingerprint density at radius 2 is 1.66 bits per heavy atom. The summed E-state index contributed by atoms with van der Waals surface area (Å²) in [7, 11) is 1.67. The number of furan rings is 1. The van der Waals surface area contributed by atoms with Crippen molar-refractivity contribution >= 4 is 11.6 Å². The fraction of sp³-hybridized carbons (Fsp3) is 0.286. The van der Waals surface area contributed by atoms with Gasteiger partial charge in [0, 0.05) is 37.9 Å². The van der Waals surface area contributed by atoms with Gasteiger partial charge in [0.2, 0.25) is 0 Å². The standard InChI is InChI=1S/C28H30N4O3/c1-19-5-11-25(20(2)17-19)32-26(18-24(29-32)27-12-6-21(3)35-27)28(33)31-15-13-30(14-16-31)22-7-9-23(34-4)10-8-22/h5-12,17-18H,13-16H2,1-4H3. The molecule has 0 bridgehead atoms. The minimum absolute atomic E-state index is 0.0265. The van der Waals surface area contributed by atoms with Crippen LogP contribution in [0.15, 0.2) is 65.1 Å². The van der Waals surface area contributed by atoms with Gasteiger partial charge in [0.25, 0.3) is 5.91 Å². The van der Waals surface area contributed by atoms with E-state index in [4.69, 9.17) is 14.3 Å². The van der Waals surface area contributed by atoms with Gasteiger partial charge in [-0.05, 0) is 68.8 Å². The number of rotatable bonds is 5. The highest BCUT2D eigenvalue weighted by atomic mass is 16.5. The number of methoxy groups -OCH3 is 1. The average molecular weight is 471 g/mol. The predicted molar refractivity (Wildman–Crippen MR) is 137 cm³/mol. The number of piperazine rings is 1. The fourth-order valence-corrected chi connectivity index (χ4v) is 4.58. The summed E-state index contributed by atoms with van der Waals surface area (Å²) in [5.41, 5.74) is 5.45. The first-order valence-electron chi connectivity index (χ1n) is 11.9. The summed E-state index contributed by atoms with van der Waals surface area (Å²) in [6, 6.07) is 19.9. The molecule has 35 heavy (non-hydrogen) atoms. The Labute approximate surface area is 205 Å². The van der Waals surface area contributed by atoms with Crippen molar-refractivity contribution in [2.24, 2.45) is 0 Å². The summed E-state index contributed by atoms with van der Waals surface area (Å²) in [5.74, 6) is 2.28. The molecule has 0 spiro atoms. The fourth-order valence-electron chi connectivity index (χ4n) is 4.58. The third-order valence-electron chi connectivity index (χ3n) is 6.51. The van der Waals surface area contributed by atoms with Gasteiger partial charge in [-0.1, -0.05) is 17.7 Å². The molecule has 1 amide bonds. The van der Waals surface area contributed by atoms with Crippen LogP contribution in [0.3, 0.4) is 0 Å². The maximum Gasteiger partial charge on any atom is 0.272 e. The van der Waals surface area contributed by atoms with Gasteiger partial charge in [0.15, 0.2) is 5.76 Å². The molecule has 1 fully saturated rings. The SMILES string of the molecule is COc1ccc(N2CCN(C(=O)c3cc(-c4ccc(C)o4)nn3-c3ccc(C)cc3C)CC2)cc1. The second-order valence-electron chi connectivity index (χ2n) is 9.00. The lowest BCUT2D eigenvalue weighted by molar-refractivity contribution is 0.0737. The smallest absolute Gasteiger partial charge is 0.272 e. The number of aromatic nitrogens is 2. The summed E-state index contributed by atoms with van der Waals surface area (Å²) in [6.45, 7) is 8.81. The third kappa shape index (κ3) is 4.54. The van der Waals surface area contributed by atoms with Gasteiger partial charge >= 0.3 is 0 Å². The lowest BCUT2D eigenvalue weighted by Gasteiger charge is -2.36. The summed E-state index contributed by atoms with van der Waals surface area (Å²) in [6.07, 6.45) is 0. The van der Waals surface area contributed by atoms with Crippen molar-refractivity contribution in [3.05, 3.63) is 83.2 Å². The molecule has 2 aromatic heterocycles. The summed E-state index contributed by atoms with van der Waals surface area (Å²) < 4.78 is 12.8. The second-order valence-corrected chi connectivity index (χ2v) is 9.00. The number of hydrogen-bond acceptors (Lipinski definition) is 5.